The Morgan fingerprint density at radius 3 is 3.04 bits per heavy atom. The second-order valence-corrected chi connectivity index (χ2v) is 5.29. The summed E-state index contributed by atoms with van der Waals surface area (Å²) in [6.07, 6.45) is 1.58. The number of amides is 1. The zero-order valence-corrected chi connectivity index (χ0v) is 13.2. The van der Waals surface area contributed by atoms with Crippen LogP contribution in [-0.4, -0.2) is 33.0 Å². The molecule has 0 atom stereocenters. The molecule has 3 aromatic rings. The minimum atomic E-state index is -0.303. The van der Waals surface area contributed by atoms with Crippen LogP contribution in [0.25, 0.3) is 10.8 Å². The van der Waals surface area contributed by atoms with E-state index >= 15 is 0 Å². The maximum absolute atomic E-state index is 12.3. The lowest BCUT2D eigenvalue weighted by atomic mass is 10.2. The summed E-state index contributed by atoms with van der Waals surface area (Å²) < 4.78 is 6.13. The topological polar surface area (TPSA) is 102 Å². The summed E-state index contributed by atoms with van der Waals surface area (Å²) in [7, 11) is 1.59. The molecule has 0 saturated heterocycles. The van der Waals surface area contributed by atoms with E-state index < -0.39 is 0 Å². The maximum Gasteiger partial charge on any atom is 0.275 e. The van der Waals surface area contributed by atoms with Crippen molar-refractivity contribution >= 4 is 16.7 Å². The summed E-state index contributed by atoms with van der Waals surface area (Å²) >= 11 is 0. The van der Waals surface area contributed by atoms with Crippen molar-refractivity contribution in [1.82, 2.24) is 25.3 Å². The second kappa shape index (κ2) is 7.05. The highest BCUT2D eigenvalue weighted by atomic mass is 16.5. The van der Waals surface area contributed by atoms with Crippen molar-refractivity contribution in [2.45, 2.75) is 19.7 Å². The van der Waals surface area contributed by atoms with Gasteiger partial charge in [-0.3, -0.25) is 14.7 Å². The Hall–Kier alpha value is -3.00. The van der Waals surface area contributed by atoms with Gasteiger partial charge in [0.25, 0.3) is 5.56 Å². The molecule has 0 bridgehead atoms. The number of aromatic amines is 1. The third kappa shape index (κ3) is 3.49. The number of hydrogen-bond donors (Lipinski definition) is 2. The predicted molar refractivity (Wildman–Crippen MR) is 87.2 cm³/mol. The fourth-order valence-electron chi connectivity index (χ4n) is 2.35. The average Bonchev–Trinajstić information content (AvgIpc) is 3.04. The van der Waals surface area contributed by atoms with E-state index in [0.717, 1.165) is 21.5 Å². The van der Waals surface area contributed by atoms with Gasteiger partial charge in [0, 0.05) is 12.5 Å². The lowest BCUT2D eigenvalue weighted by molar-refractivity contribution is -0.122. The lowest BCUT2D eigenvalue weighted by Gasteiger charge is -2.06. The van der Waals surface area contributed by atoms with Crippen LogP contribution in [0.15, 0.2) is 41.3 Å². The maximum atomic E-state index is 12.3. The number of hydrogen-bond acceptors (Lipinski definition) is 5. The van der Waals surface area contributed by atoms with Gasteiger partial charge in [-0.25, -0.2) is 4.68 Å². The molecule has 3 rings (SSSR count). The standard InChI is InChI=1S/C16H17N5O3/c1-24-10-13-6-12(19-20-13)8-17-15(22)9-21-16(23)14-5-3-2-4-11(14)7-18-21/h2-7H,8-10H2,1H3,(H,17,22)(H,19,20). The molecule has 0 fully saturated rings. The molecule has 2 N–H and O–H groups in total. The number of carbonyl (C=O) groups is 1. The van der Waals surface area contributed by atoms with Crippen LogP contribution in [0.2, 0.25) is 0 Å². The Bertz CT molecular complexity index is 915. The van der Waals surface area contributed by atoms with Gasteiger partial charge in [0.2, 0.25) is 5.91 Å². The van der Waals surface area contributed by atoms with E-state index in [1.165, 1.54) is 0 Å². The van der Waals surface area contributed by atoms with Gasteiger partial charge in [-0.2, -0.15) is 10.2 Å². The van der Waals surface area contributed by atoms with Gasteiger partial charge in [-0.1, -0.05) is 18.2 Å². The molecule has 0 unspecified atom stereocenters. The molecule has 1 amide bonds. The summed E-state index contributed by atoms with van der Waals surface area (Å²) in [5.41, 5.74) is 1.23. The summed E-state index contributed by atoms with van der Waals surface area (Å²) in [5, 5.41) is 14.9. The molecule has 2 aromatic heterocycles. The van der Waals surface area contributed by atoms with Crippen LogP contribution in [0.3, 0.4) is 0 Å². The van der Waals surface area contributed by atoms with E-state index in [1.54, 1.807) is 25.4 Å². The largest absolute Gasteiger partial charge is 0.378 e. The summed E-state index contributed by atoms with van der Waals surface area (Å²) in [6.45, 7) is 0.557. The summed E-state index contributed by atoms with van der Waals surface area (Å²) in [6, 6.07) is 8.95. The van der Waals surface area contributed by atoms with Gasteiger partial charge in [-0.05, 0) is 12.1 Å². The molecule has 0 saturated carbocycles. The average molecular weight is 327 g/mol. The Labute approximate surface area is 137 Å². The zero-order valence-electron chi connectivity index (χ0n) is 13.2. The number of methoxy groups -OCH3 is 1. The Morgan fingerprint density at radius 2 is 2.21 bits per heavy atom. The molecule has 0 aliphatic carbocycles. The van der Waals surface area contributed by atoms with E-state index in [9.17, 15) is 9.59 Å². The van der Waals surface area contributed by atoms with Crippen LogP contribution >= 0.6 is 0 Å². The van der Waals surface area contributed by atoms with Gasteiger partial charge in [0.05, 0.1) is 36.1 Å². The third-order valence-electron chi connectivity index (χ3n) is 3.51. The fourth-order valence-corrected chi connectivity index (χ4v) is 2.35. The van der Waals surface area contributed by atoms with Crippen molar-refractivity contribution in [3.8, 4) is 0 Å². The van der Waals surface area contributed by atoms with E-state index in [4.69, 9.17) is 4.74 Å². The molecule has 1 aromatic carbocycles. The van der Waals surface area contributed by atoms with Crippen LogP contribution in [0.5, 0.6) is 0 Å². The SMILES string of the molecule is COCc1cc(CNC(=O)Cn2ncc3ccccc3c2=O)[nH]n1. The monoisotopic (exact) mass is 327 g/mol. The quantitative estimate of drug-likeness (QED) is 0.689. The number of aromatic nitrogens is 4. The smallest absolute Gasteiger partial charge is 0.275 e. The molecule has 0 radical (unpaired) electrons. The van der Waals surface area contributed by atoms with Gasteiger partial charge in [-0.15, -0.1) is 0 Å². The van der Waals surface area contributed by atoms with Crippen molar-refractivity contribution < 1.29 is 9.53 Å². The molecular formula is C16H17N5O3. The fraction of sp³-hybridized carbons (Fsp3) is 0.250. The molecule has 0 aliphatic rings. The number of nitrogens with one attached hydrogen (secondary N) is 2. The van der Waals surface area contributed by atoms with E-state index in [0.29, 0.717) is 12.0 Å². The molecule has 124 valence electrons. The molecule has 8 nitrogen and oxygen atoms in total. The van der Waals surface area contributed by atoms with Gasteiger partial charge >= 0.3 is 0 Å². The number of rotatable bonds is 6. The molecule has 2 heterocycles. The third-order valence-corrected chi connectivity index (χ3v) is 3.51. The number of H-pyrrole nitrogens is 1. The predicted octanol–water partition coefficient (Wildman–Crippen LogP) is 0.582. The number of nitrogens with zero attached hydrogens (tertiary/aromatic N) is 3. The van der Waals surface area contributed by atoms with Crippen molar-refractivity contribution in [2.24, 2.45) is 0 Å². The molecule has 0 aliphatic heterocycles. The van der Waals surface area contributed by atoms with Crippen molar-refractivity contribution in [3.63, 3.8) is 0 Å². The molecule has 8 heteroatoms. The first-order valence-electron chi connectivity index (χ1n) is 7.41. The van der Waals surface area contributed by atoms with Gasteiger partial charge in [0.1, 0.15) is 6.54 Å². The van der Waals surface area contributed by atoms with Gasteiger partial charge in [0.15, 0.2) is 0 Å². The Balaban J connectivity index is 1.64. The number of benzene rings is 1. The highest BCUT2D eigenvalue weighted by Gasteiger charge is 2.09. The molecule has 24 heavy (non-hydrogen) atoms. The zero-order chi connectivity index (χ0) is 16.9. The highest BCUT2D eigenvalue weighted by Crippen LogP contribution is 2.06. The van der Waals surface area contributed by atoms with Crippen LogP contribution in [0, 0.1) is 0 Å². The lowest BCUT2D eigenvalue weighted by Crippen LogP contribution is -2.33. The molecular weight excluding hydrogens is 310 g/mol. The van der Waals surface area contributed by atoms with Gasteiger partial charge < -0.3 is 10.1 Å². The number of ether oxygens (including phenoxy) is 1. The minimum absolute atomic E-state index is 0.136. The first-order valence-corrected chi connectivity index (χ1v) is 7.41. The summed E-state index contributed by atoms with van der Waals surface area (Å²) in [5.74, 6) is -0.303. The normalized spacial score (nSPS) is 10.9. The van der Waals surface area contributed by atoms with Crippen LogP contribution in [0.4, 0.5) is 0 Å². The Kier molecular flexibility index (Phi) is 4.66. The Morgan fingerprint density at radius 1 is 1.38 bits per heavy atom. The van der Waals surface area contributed by atoms with Crippen LogP contribution < -0.4 is 10.9 Å². The van der Waals surface area contributed by atoms with Crippen LogP contribution in [-0.2, 0) is 29.2 Å². The number of carbonyl (C=O) groups excluding carboxylic acids is 1. The van der Waals surface area contributed by atoms with E-state index in [2.05, 4.69) is 20.6 Å². The van der Waals surface area contributed by atoms with Crippen LogP contribution in [0.1, 0.15) is 11.4 Å². The first-order chi connectivity index (χ1) is 11.7. The summed E-state index contributed by atoms with van der Waals surface area (Å²) in [4.78, 5) is 24.3. The minimum Gasteiger partial charge on any atom is -0.378 e. The molecule has 0 spiro atoms. The van der Waals surface area contributed by atoms with Crippen molar-refractivity contribution in [1.29, 1.82) is 0 Å². The highest BCUT2D eigenvalue weighted by molar-refractivity contribution is 5.81. The van der Waals surface area contributed by atoms with Crippen molar-refractivity contribution in [3.05, 3.63) is 58.3 Å². The van der Waals surface area contributed by atoms with Crippen molar-refractivity contribution in [2.75, 3.05) is 7.11 Å². The first kappa shape index (κ1) is 15.9. The number of fused-ring (bicyclic) bond motifs is 1. The van der Waals surface area contributed by atoms with E-state index in [1.807, 2.05) is 18.2 Å². The second-order valence-electron chi connectivity index (χ2n) is 5.29. The van der Waals surface area contributed by atoms with E-state index in [-0.39, 0.29) is 24.6 Å².